The van der Waals surface area contributed by atoms with Gasteiger partial charge < -0.3 is 14.0 Å². The third kappa shape index (κ3) is 3.19. The minimum Gasteiger partial charge on any atom is -0.478 e. The van der Waals surface area contributed by atoms with Gasteiger partial charge in [-0.2, -0.15) is 0 Å². The third-order valence-corrected chi connectivity index (χ3v) is 3.46. The van der Waals surface area contributed by atoms with Crippen molar-refractivity contribution in [1.82, 2.24) is 15.0 Å². The van der Waals surface area contributed by atoms with E-state index in [0.29, 0.717) is 23.6 Å². The second-order valence-corrected chi connectivity index (χ2v) is 4.99. The number of nitrogens with zero attached hydrogens (tertiary/aromatic N) is 3. The topological polar surface area (TPSA) is 77.7 Å². The number of hydrazone groups is 1. The van der Waals surface area contributed by atoms with Gasteiger partial charge in [-0.25, -0.2) is 5.43 Å². The molecule has 2 aromatic heterocycles. The normalized spacial score (nSPS) is 11.3. The van der Waals surface area contributed by atoms with Crippen molar-refractivity contribution < 1.29 is 14.3 Å². The largest absolute Gasteiger partial charge is 0.478 e. The fraction of sp³-hybridized carbons (Fsp3) is 0.118. The number of methoxy groups -OCH3 is 1. The van der Waals surface area contributed by atoms with Crippen molar-refractivity contribution in [3.8, 4) is 11.5 Å². The second-order valence-electron chi connectivity index (χ2n) is 4.99. The Bertz CT molecular complexity index is 902. The Labute approximate surface area is 138 Å². The van der Waals surface area contributed by atoms with Crippen LogP contribution in [0.1, 0.15) is 5.69 Å². The first-order chi connectivity index (χ1) is 11.7. The summed E-state index contributed by atoms with van der Waals surface area (Å²) in [6, 6.07) is 11.3. The molecule has 3 rings (SSSR count). The molecule has 3 aromatic rings. The molecule has 0 saturated heterocycles. The van der Waals surface area contributed by atoms with Crippen LogP contribution in [-0.4, -0.2) is 29.0 Å². The van der Waals surface area contributed by atoms with Crippen LogP contribution in [0.3, 0.4) is 0 Å². The van der Waals surface area contributed by atoms with Crippen molar-refractivity contribution in [3.63, 3.8) is 0 Å². The molecule has 24 heavy (non-hydrogen) atoms. The van der Waals surface area contributed by atoms with E-state index in [-0.39, 0.29) is 5.90 Å². The van der Waals surface area contributed by atoms with Gasteiger partial charge in [0.1, 0.15) is 17.2 Å². The predicted molar refractivity (Wildman–Crippen MR) is 90.0 cm³/mol. The van der Waals surface area contributed by atoms with Gasteiger partial charge in [0.15, 0.2) is 0 Å². The average molecular weight is 324 g/mol. The zero-order valence-electron chi connectivity index (χ0n) is 13.3. The Morgan fingerprint density at radius 1 is 1.25 bits per heavy atom. The molecule has 7 heteroatoms. The van der Waals surface area contributed by atoms with Gasteiger partial charge in [0, 0.05) is 36.4 Å². The number of amides is 1. The number of fused-ring (bicyclic) bond motifs is 1. The number of carbonyl (C=O) groups is 1. The van der Waals surface area contributed by atoms with Crippen molar-refractivity contribution >= 4 is 23.2 Å². The molecule has 7 nitrogen and oxygen atoms in total. The van der Waals surface area contributed by atoms with E-state index in [1.165, 1.54) is 7.11 Å². The van der Waals surface area contributed by atoms with Crippen LogP contribution in [0, 0.1) is 0 Å². The minimum absolute atomic E-state index is 0.186. The number of rotatable bonds is 5. The van der Waals surface area contributed by atoms with Gasteiger partial charge in [0.05, 0.1) is 7.11 Å². The molecule has 1 N–H and O–H groups in total. The molecule has 0 atom stereocenters. The number of aromatic nitrogens is 2. The fourth-order valence-electron chi connectivity index (χ4n) is 2.34. The van der Waals surface area contributed by atoms with Crippen molar-refractivity contribution in [2.24, 2.45) is 12.1 Å². The standard InChI is InChI=1S/C17H16N4O3/c1-21-8-6-12-9-13(3-4-16(12)21)24-14-5-7-18-15(10-14)17(23-2)20-19-11-22/h3-11H,1-2H3,(H,19,22)/b20-17-. The zero-order valence-corrected chi connectivity index (χ0v) is 13.3. The number of carbonyl (C=O) groups excluding carboxylic acids is 1. The van der Waals surface area contributed by atoms with Gasteiger partial charge in [-0.3, -0.25) is 9.78 Å². The lowest BCUT2D eigenvalue weighted by Gasteiger charge is -2.08. The minimum atomic E-state index is 0.186. The smallest absolute Gasteiger partial charge is 0.257 e. The third-order valence-electron chi connectivity index (χ3n) is 3.46. The number of pyridine rings is 1. The monoisotopic (exact) mass is 324 g/mol. The molecule has 0 bridgehead atoms. The summed E-state index contributed by atoms with van der Waals surface area (Å²) in [6.45, 7) is 0. The molecule has 0 aliphatic heterocycles. The molecule has 0 spiro atoms. The van der Waals surface area contributed by atoms with Crippen LogP contribution >= 0.6 is 0 Å². The Hall–Kier alpha value is -3.35. The maximum atomic E-state index is 10.4. The van der Waals surface area contributed by atoms with E-state index in [0.717, 1.165) is 10.9 Å². The van der Waals surface area contributed by atoms with Crippen molar-refractivity contribution in [2.75, 3.05) is 7.11 Å². The first kappa shape index (κ1) is 15.5. The maximum Gasteiger partial charge on any atom is 0.257 e. The van der Waals surface area contributed by atoms with Crippen molar-refractivity contribution in [1.29, 1.82) is 0 Å². The Kier molecular flexibility index (Phi) is 4.42. The van der Waals surface area contributed by atoms with Crippen LogP contribution in [0.4, 0.5) is 0 Å². The van der Waals surface area contributed by atoms with E-state index in [1.807, 2.05) is 42.1 Å². The molecule has 122 valence electrons. The molecule has 1 aromatic carbocycles. The number of hydrogen-bond donors (Lipinski definition) is 1. The van der Waals surface area contributed by atoms with Crippen LogP contribution in [0.5, 0.6) is 11.5 Å². The molecule has 1 amide bonds. The van der Waals surface area contributed by atoms with Crippen LogP contribution < -0.4 is 10.2 Å². The van der Waals surface area contributed by atoms with Gasteiger partial charge in [0.25, 0.3) is 5.90 Å². The lowest BCUT2D eigenvalue weighted by atomic mass is 10.2. The quantitative estimate of drug-likeness (QED) is 0.338. The van der Waals surface area contributed by atoms with E-state index in [2.05, 4.69) is 15.5 Å². The Morgan fingerprint density at radius 2 is 2.08 bits per heavy atom. The Balaban J connectivity index is 1.86. The highest BCUT2D eigenvalue weighted by Gasteiger charge is 2.08. The van der Waals surface area contributed by atoms with Crippen molar-refractivity contribution in [3.05, 3.63) is 54.5 Å². The lowest BCUT2D eigenvalue weighted by Crippen LogP contribution is -2.12. The predicted octanol–water partition coefficient (Wildman–Crippen LogP) is 2.42. The number of nitrogens with one attached hydrogen (secondary N) is 1. The van der Waals surface area contributed by atoms with Gasteiger partial charge in [-0.05, 0) is 30.3 Å². The van der Waals surface area contributed by atoms with Gasteiger partial charge >= 0.3 is 0 Å². The highest BCUT2D eigenvalue weighted by molar-refractivity contribution is 5.92. The first-order valence-corrected chi connectivity index (χ1v) is 7.21. The molecule has 0 saturated carbocycles. The zero-order chi connectivity index (χ0) is 16.9. The summed E-state index contributed by atoms with van der Waals surface area (Å²) < 4.78 is 13.0. The average Bonchev–Trinajstić information content (AvgIpc) is 2.96. The number of aryl methyl sites for hydroxylation is 1. The number of benzene rings is 1. The summed E-state index contributed by atoms with van der Waals surface area (Å²) >= 11 is 0. The SMILES string of the molecule is CO/C(=N\NC=O)c1cc(Oc2ccc3c(ccn3C)c2)ccn1. The first-order valence-electron chi connectivity index (χ1n) is 7.21. The van der Waals surface area contributed by atoms with Crippen LogP contribution in [-0.2, 0) is 16.6 Å². The fourth-order valence-corrected chi connectivity index (χ4v) is 2.34. The van der Waals surface area contributed by atoms with E-state index in [4.69, 9.17) is 9.47 Å². The van der Waals surface area contributed by atoms with Crippen molar-refractivity contribution in [2.45, 2.75) is 0 Å². The van der Waals surface area contributed by atoms with Gasteiger partial charge in [0.2, 0.25) is 6.41 Å². The highest BCUT2D eigenvalue weighted by atomic mass is 16.5. The summed E-state index contributed by atoms with van der Waals surface area (Å²) in [5.41, 5.74) is 3.77. The molecular weight excluding hydrogens is 308 g/mol. The summed E-state index contributed by atoms with van der Waals surface area (Å²) in [4.78, 5) is 14.5. The maximum absolute atomic E-state index is 10.4. The summed E-state index contributed by atoms with van der Waals surface area (Å²) in [6.07, 6.45) is 4.04. The van der Waals surface area contributed by atoms with E-state index in [9.17, 15) is 4.79 Å². The molecule has 0 unspecified atom stereocenters. The summed E-state index contributed by atoms with van der Waals surface area (Å²) in [5, 5.41) is 4.87. The van der Waals surface area contributed by atoms with E-state index < -0.39 is 0 Å². The summed E-state index contributed by atoms with van der Waals surface area (Å²) in [5.74, 6) is 1.49. The lowest BCUT2D eigenvalue weighted by molar-refractivity contribution is -0.109. The highest BCUT2D eigenvalue weighted by Crippen LogP contribution is 2.26. The van der Waals surface area contributed by atoms with Crippen LogP contribution in [0.15, 0.2) is 53.9 Å². The van der Waals surface area contributed by atoms with Gasteiger partial charge in [-0.15, -0.1) is 5.10 Å². The molecule has 0 radical (unpaired) electrons. The molecule has 0 fully saturated rings. The molecular formula is C17H16N4O3. The molecule has 2 heterocycles. The van der Waals surface area contributed by atoms with Crippen LogP contribution in [0.25, 0.3) is 10.9 Å². The molecule has 0 aliphatic rings. The van der Waals surface area contributed by atoms with E-state index >= 15 is 0 Å². The number of hydrogen-bond acceptors (Lipinski definition) is 5. The second kappa shape index (κ2) is 6.82. The molecule has 0 aliphatic carbocycles. The number of ether oxygens (including phenoxy) is 2. The van der Waals surface area contributed by atoms with Crippen LogP contribution in [0.2, 0.25) is 0 Å². The van der Waals surface area contributed by atoms with Gasteiger partial charge in [-0.1, -0.05) is 0 Å². The summed E-state index contributed by atoms with van der Waals surface area (Å²) in [7, 11) is 3.45. The Morgan fingerprint density at radius 3 is 2.88 bits per heavy atom. The van der Waals surface area contributed by atoms with E-state index in [1.54, 1.807) is 18.3 Å².